The molecule has 0 aliphatic rings. The fourth-order valence-electron chi connectivity index (χ4n) is 1.69. The Bertz CT molecular complexity index is 512. The maximum atomic E-state index is 11.2. The van der Waals surface area contributed by atoms with Crippen LogP contribution >= 0.6 is 11.6 Å². The maximum absolute atomic E-state index is 11.2. The van der Waals surface area contributed by atoms with E-state index in [9.17, 15) is 4.79 Å². The van der Waals surface area contributed by atoms with Gasteiger partial charge in [-0.3, -0.25) is 4.79 Å². The van der Waals surface area contributed by atoms with Gasteiger partial charge in [0.1, 0.15) is 18.8 Å². The minimum atomic E-state index is -0.269. The van der Waals surface area contributed by atoms with Gasteiger partial charge in [-0.1, -0.05) is 11.6 Å². The largest absolute Gasteiger partial charge is 0.492 e. The molecule has 1 N–H and O–H groups in total. The summed E-state index contributed by atoms with van der Waals surface area (Å²) in [7, 11) is 3.97. The van der Waals surface area contributed by atoms with Crippen LogP contribution in [0.4, 0.5) is 0 Å². The number of carbonyl (C=O) groups excluding carboxylic acids is 1. The predicted molar refractivity (Wildman–Crippen MR) is 82.4 cm³/mol. The van der Waals surface area contributed by atoms with Gasteiger partial charge in [-0.05, 0) is 44.3 Å². The third-order valence-corrected chi connectivity index (χ3v) is 3.01. The van der Waals surface area contributed by atoms with Crippen LogP contribution in [-0.2, 0) is 11.2 Å². The second kappa shape index (κ2) is 9.22. The number of ether oxygens (including phenoxy) is 1. The summed E-state index contributed by atoms with van der Waals surface area (Å²) in [6.45, 7) is 1.86. The number of benzene rings is 1. The Hall–Kier alpha value is -1.77. The number of nitrogens with zero attached hydrogens (tertiary/aromatic N) is 2. The average molecular weight is 310 g/mol. The van der Waals surface area contributed by atoms with Crippen LogP contribution in [0, 0.1) is 11.3 Å². The molecule has 0 aromatic heterocycles. The van der Waals surface area contributed by atoms with Crippen molar-refractivity contribution in [2.24, 2.45) is 0 Å². The number of amides is 1. The second-order valence-electron chi connectivity index (χ2n) is 4.84. The molecule has 0 radical (unpaired) electrons. The summed E-state index contributed by atoms with van der Waals surface area (Å²) in [6.07, 6.45) is 0.483. The number of halogens is 1. The highest BCUT2D eigenvalue weighted by Gasteiger charge is 2.06. The molecule has 114 valence electrons. The molecule has 1 rings (SSSR count). The number of likely N-dealkylation sites (N-methyl/N-ethyl adjacent to an activating group) is 1. The Labute approximate surface area is 130 Å². The zero-order chi connectivity index (χ0) is 15.7. The van der Waals surface area contributed by atoms with Gasteiger partial charge in [0, 0.05) is 18.1 Å². The van der Waals surface area contributed by atoms with Gasteiger partial charge in [0.05, 0.1) is 6.07 Å². The first-order valence-electron chi connectivity index (χ1n) is 6.72. The van der Waals surface area contributed by atoms with Crippen molar-refractivity contribution in [3.8, 4) is 11.8 Å². The van der Waals surface area contributed by atoms with E-state index in [-0.39, 0.29) is 12.3 Å². The summed E-state index contributed by atoms with van der Waals surface area (Å²) in [5.41, 5.74) is 0.943. The molecule has 5 nitrogen and oxygen atoms in total. The number of rotatable bonds is 8. The molecule has 0 aliphatic heterocycles. The summed E-state index contributed by atoms with van der Waals surface area (Å²) in [5, 5.41) is 11.7. The smallest absolute Gasteiger partial charge is 0.234 e. The van der Waals surface area contributed by atoms with Gasteiger partial charge >= 0.3 is 0 Å². The standard InChI is InChI=1S/C15H20ClN3O2/c1-19(2)9-10-21-14-4-3-13(16)11-12(14)6-8-18-15(20)5-7-17/h3-4,11H,5-6,8-10H2,1-2H3,(H,18,20). The molecule has 0 bridgehead atoms. The van der Waals surface area contributed by atoms with Crippen molar-refractivity contribution in [1.29, 1.82) is 5.26 Å². The summed E-state index contributed by atoms with van der Waals surface area (Å²) in [6, 6.07) is 7.27. The highest BCUT2D eigenvalue weighted by Crippen LogP contribution is 2.23. The van der Waals surface area contributed by atoms with Gasteiger partial charge in [-0.25, -0.2) is 0 Å². The second-order valence-corrected chi connectivity index (χ2v) is 5.28. The summed E-state index contributed by atoms with van der Waals surface area (Å²) >= 11 is 6.00. The lowest BCUT2D eigenvalue weighted by Gasteiger charge is -2.14. The molecular weight excluding hydrogens is 290 g/mol. The Morgan fingerprint density at radius 3 is 2.90 bits per heavy atom. The van der Waals surface area contributed by atoms with E-state index in [4.69, 9.17) is 21.6 Å². The van der Waals surface area contributed by atoms with Gasteiger partial charge in [-0.15, -0.1) is 0 Å². The van der Waals surface area contributed by atoms with Crippen LogP contribution in [0.2, 0.25) is 5.02 Å². The Morgan fingerprint density at radius 1 is 1.48 bits per heavy atom. The van der Waals surface area contributed by atoms with Crippen molar-refractivity contribution in [1.82, 2.24) is 10.2 Å². The van der Waals surface area contributed by atoms with Gasteiger partial charge in [0.2, 0.25) is 5.91 Å². The van der Waals surface area contributed by atoms with Crippen molar-refractivity contribution >= 4 is 17.5 Å². The quantitative estimate of drug-likeness (QED) is 0.796. The van der Waals surface area contributed by atoms with E-state index in [2.05, 4.69) is 5.32 Å². The van der Waals surface area contributed by atoms with E-state index in [0.29, 0.717) is 24.6 Å². The number of hydrogen-bond acceptors (Lipinski definition) is 4. The third kappa shape index (κ3) is 6.98. The van der Waals surface area contributed by atoms with Gasteiger partial charge in [0.15, 0.2) is 0 Å². The van der Waals surface area contributed by atoms with E-state index in [0.717, 1.165) is 17.9 Å². The molecule has 0 spiro atoms. The van der Waals surface area contributed by atoms with Crippen LogP contribution in [0.15, 0.2) is 18.2 Å². The van der Waals surface area contributed by atoms with Crippen LogP contribution in [0.25, 0.3) is 0 Å². The molecule has 0 saturated heterocycles. The lowest BCUT2D eigenvalue weighted by atomic mass is 10.1. The first-order valence-corrected chi connectivity index (χ1v) is 7.10. The molecule has 0 fully saturated rings. The van der Waals surface area contributed by atoms with Crippen LogP contribution in [0.1, 0.15) is 12.0 Å². The molecule has 1 amide bonds. The summed E-state index contributed by atoms with van der Waals surface area (Å²) in [5.74, 6) is 0.505. The van der Waals surface area contributed by atoms with Gasteiger partial charge in [0.25, 0.3) is 0 Å². The molecular formula is C15H20ClN3O2. The average Bonchev–Trinajstić information content (AvgIpc) is 2.41. The Kier molecular flexibility index (Phi) is 7.59. The molecule has 0 heterocycles. The normalized spacial score (nSPS) is 10.2. The molecule has 0 aliphatic carbocycles. The number of nitriles is 1. The monoisotopic (exact) mass is 309 g/mol. The lowest BCUT2D eigenvalue weighted by molar-refractivity contribution is -0.120. The van der Waals surface area contributed by atoms with E-state index < -0.39 is 0 Å². The Morgan fingerprint density at radius 2 is 2.24 bits per heavy atom. The van der Waals surface area contributed by atoms with E-state index in [1.807, 2.05) is 37.2 Å². The van der Waals surface area contributed by atoms with Crippen LogP contribution < -0.4 is 10.1 Å². The maximum Gasteiger partial charge on any atom is 0.234 e. The van der Waals surface area contributed by atoms with Gasteiger partial charge < -0.3 is 15.0 Å². The lowest BCUT2D eigenvalue weighted by Crippen LogP contribution is -2.25. The highest BCUT2D eigenvalue weighted by atomic mass is 35.5. The number of carbonyl (C=O) groups is 1. The van der Waals surface area contributed by atoms with Crippen molar-refractivity contribution in [2.75, 3.05) is 33.8 Å². The zero-order valence-corrected chi connectivity index (χ0v) is 13.1. The number of hydrogen-bond donors (Lipinski definition) is 1. The zero-order valence-electron chi connectivity index (χ0n) is 12.4. The highest BCUT2D eigenvalue weighted by molar-refractivity contribution is 6.30. The summed E-state index contributed by atoms with van der Waals surface area (Å²) < 4.78 is 5.74. The van der Waals surface area contributed by atoms with Crippen LogP contribution in [0.3, 0.4) is 0 Å². The molecule has 0 atom stereocenters. The first kappa shape index (κ1) is 17.3. The van der Waals surface area contributed by atoms with E-state index in [1.54, 1.807) is 6.07 Å². The van der Waals surface area contributed by atoms with Crippen molar-refractivity contribution in [3.05, 3.63) is 28.8 Å². The molecule has 0 saturated carbocycles. The molecule has 21 heavy (non-hydrogen) atoms. The fraction of sp³-hybridized carbons (Fsp3) is 0.467. The summed E-state index contributed by atoms with van der Waals surface area (Å²) in [4.78, 5) is 13.3. The minimum Gasteiger partial charge on any atom is -0.492 e. The predicted octanol–water partition coefficient (Wildman–Crippen LogP) is 1.85. The minimum absolute atomic E-state index is 0.123. The number of nitrogens with one attached hydrogen (secondary N) is 1. The molecule has 1 aromatic rings. The van der Waals surface area contributed by atoms with Crippen LogP contribution in [0.5, 0.6) is 5.75 Å². The van der Waals surface area contributed by atoms with Crippen LogP contribution in [-0.4, -0.2) is 44.6 Å². The SMILES string of the molecule is CN(C)CCOc1ccc(Cl)cc1CCNC(=O)CC#N. The van der Waals surface area contributed by atoms with E-state index in [1.165, 1.54) is 0 Å². The topological polar surface area (TPSA) is 65.4 Å². The molecule has 1 aromatic carbocycles. The first-order chi connectivity index (χ1) is 10.0. The fourth-order valence-corrected chi connectivity index (χ4v) is 1.89. The van der Waals surface area contributed by atoms with Gasteiger partial charge in [-0.2, -0.15) is 5.26 Å². The Balaban J connectivity index is 2.56. The van der Waals surface area contributed by atoms with Crippen molar-refractivity contribution < 1.29 is 9.53 Å². The molecule has 6 heteroatoms. The van der Waals surface area contributed by atoms with Crippen molar-refractivity contribution in [2.45, 2.75) is 12.8 Å². The van der Waals surface area contributed by atoms with Crippen molar-refractivity contribution in [3.63, 3.8) is 0 Å². The third-order valence-electron chi connectivity index (χ3n) is 2.77. The molecule has 0 unspecified atom stereocenters. The van der Waals surface area contributed by atoms with E-state index >= 15 is 0 Å².